The lowest BCUT2D eigenvalue weighted by Gasteiger charge is -2.50. The summed E-state index contributed by atoms with van der Waals surface area (Å²) in [6.45, 7) is 6.04. The Bertz CT molecular complexity index is 136. The lowest BCUT2D eigenvalue weighted by molar-refractivity contribution is 0.0186. The van der Waals surface area contributed by atoms with Gasteiger partial charge in [-0.25, -0.2) is 0 Å². The van der Waals surface area contributed by atoms with Crippen LogP contribution in [-0.2, 0) is 0 Å². The summed E-state index contributed by atoms with van der Waals surface area (Å²) in [7, 11) is 0. The Labute approximate surface area is 62.4 Å². The molecule has 2 heteroatoms. The molecular weight excluding hydrogens is 124 g/mol. The topological polar surface area (TPSA) is 29.3 Å². The van der Waals surface area contributed by atoms with E-state index in [4.69, 9.17) is 5.73 Å². The van der Waals surface area contributed by atoms with E-state index in [1.165, 1.54) is 25.9 Å². The Balaban J connectivity index is 2.17. The fourth-order valence-corrected chi connectivity index (χ4v) is 2.12. The molecule has 0 unspecified atom stereocenters. The second kappa shape index (κ2) is 1.95. The second-order valence-electron chi connectivity index (χ2n) is 4.06. The molecule has 0 aromatic heterocycles. The zero-order valence-corrected chi connectivity index (χ0v) is 6.64. The first kappa shape index (κ1) is 6.62. The number of fused-ring (bicyclic) bond motifs is 3. The molecule has 0 aromatic rings. The molecule has 0 spiro atoms. The first-order valence-corrected chi connectivity index (χ1v) is 4.19. The van der Waals surface area contributed by atoms with E-state index in [1.807, 2.05) is 0 Å². The van der Waals surface area contributed by atoms with Crippen LogP contribution in [0, 0.1) is 5.41 Å². The van der Waals surface area contributed by atoms with Gasteiger partial charge < -0.3 is 10.6 Å². The van der Waals surface area contributed by atoms with E-state index in [2.05, 4.69) is 11.8 Å². The molecule has 3 aliphatic rings. The molecule has 0 amide bonds. The van der Waals surface area contributed by atoms with Crippen molar-refractivity contribution in [2.24, 2.45) is 11.1 Å². The minimum absolute atomic E-state index is 0.440. The number of piperidine rings is 3. The van der Waals surface area contributed by atoms with Crippen LogP contribution in [0.25, 0.3) is 0 Å². The molecule has 0 aromatic carbocycles. The van der Waals surface area contributed by atoms with Crippen LogP contribution >= 0.6 is 0 Å². The van der Waals surface area contributed by atoms with Crippen LogP contribution in [0.1, 0.15) is 19.8 Å². The molecule has 1 atom stereocenters. The molecule has 58 valence electrons. The molecule has 3 rings (SSSR count). The van der Waals surface area contributed by atoms with Crippen LogP contribution < -0.4 is 5.73 Å². The van der Waals surface area contributed by atoms with Gasteiger partial charge in [-0.15, -0.1) is 0 Å². The molecular formula is C8H16N2. The maximum absolute atomic E-state index is 6.01. The number of nitrogens with zero attached hydrogens (tertiary/aromatic N) is 1. The second-order valence-corrected chi connectivity index (χ2v) is 4.06. The van der Waals surface area contributed by atoms with Crippen LogP contribution in [0.3, 0.4) is 0 Å². The van der Waals surface area contributed by atoms with Crippen molar-refractivity contribution in [3.8, 4) is 0 Å². The quantitative estimate of drug-likeness (QED) is 0.528. The van der Waals surface area contributed by atoms with E-state index < -0.39 is 0 Å². The van der Waals surface area contributed by atoms with E-state index in [1.54, 1.807) is 0 Å². The summed E-state index contributed by atoms with van der Waals surface area (Å²) in [5, 5.41) is 0. The predicted octanol–water partition coefficient (Wildman–Crippen LogP) is 0.429. The van der Waals surface area contributed by atoms with Gasteiger partial charge in [0, 0.05) is 12.6 Å². The summed E-state index contributed by atoms with van der Waals surface area (Å²) < 4.78 is 0. The molecule has 3 aliphatic heterocycles. The van der Waals surface area contributed by atoms with Crippen LogP contribution in [-0.4, -0.2) is 30.6 Å². The Morgan fingerprint density at radius 1 is 1.40 bits per heavy atom. The van der Waals surface area contributed by atoms with Crippen LogP contribution in [0.2, 0.25) is 0 Å². The van der Waals surface area contributed by atoms with Gasteiger partial charge in [0.25, 0.3) is 0 Å². The molecule has 10 heavy (non-hydrogen) atoms. The molecule has 2 bridgehead atoms. The highest BCUT2D eigenvalue weighted by Gasteiger charge is 2.41. The fourth-order valence-electron chi connectivity index (χ4n) is 2.12. The molecule has 0 saturated carbocycles. The molecule has 2 N–H and O–H groups in total. The third-order valence-corrected chi connectivity index (χ3v) is 3.35. The summed E-state index contributed by atoms with van der Waals surface area (Å²) >= 11 is 0. The number of hydrogen-bond donors (Lipinski definition) is 1. The van der Waals surface area contributed by atoms with E-state index in [-0.39, 0.29) is 0 Å². The van der Waals surface area contributed by atoms with E-state index in [9.17, 15) is 0 Å². The summed E-state index contributed by atoms with van der Waals surface area (Å²) in [6.07, 6.45) is 2.63. The average molecular weight is 140 g/mol. The van der Waals surface area contributed by atoms with Gasteiger partial charge in [0.15, 0.2) is 0 Å². The molecule has 3 fully saturated rings. The lowest BCUT2D eigenvalue weighted by atomic mass is 9.71. The summed E-state index contributed by atoms with van der Waals surface area (Å²) in [6, 6.07) is 0.440. The van der Waals surface area contributed by atoms with Crippen LogP contribution in [0.15, 0.2) is 0 Å². The molecule has 0 radical (unpaired) electrons. The smallest absolute Gasteiger partial charge is 0.0223 e. The maximum atomic E-state index is 6.01. The minimum Gasteiger partial charge on any atom is -0.326 e. The van der Waals surface area contributed by atoms with Crippen molar-refractivity contribution in [2.75, 3.05) is 19.6 Å². The summed E-state index contributed by atoms with van der Waals surface area (Å²) in [5.41, 5.74) is 6.49. The SMILES string of the molecule is CC12CCN(CC1)C[C@H]2N. The van der Waals surface area contributed by atoms with Gasteiger partial charge in [-0.05, 0) is 31.3 Å². The zero-order valence-electron chi connectivity index (χ0n) is 6.64. The Hall–Kier alpha value is -0.0800. The molecule has 2 nitrogen and oxygen atoms in total. The third-order valence-electron chi connectivity index (χ3n) is 3.35. The van der Waals surface area contributed by atoms with Crippen molar-refractivity contribution >= 4 is 0 Å². The van der Waals surface area contributed by atoms with Gasteiger partial charge in [0.1, 0.15) is 0 Å². The van der Waals surface area contributed by atoms with Crippen molar-refractivity contribution in [2.45, 2.75) is 25.8 Å². The predicted molar refractivity (Wildman–Crippen MR) is 41.8 cm³/mol. The third kappa shape index (κ3) is 0.789. The first-order valence-electron chi connectivity index (χ1n) is 4.19. The Morgan fingerprint density at radius 3 is 2.30 bits per heavy atom. The van der Waals surface area contributed by atoms with Crippen molar-refractivity contribution in [1.29, 1.82) is 0 Å². The highest BCUT2D eigenvalue weighted by Crippen LogP contribution is 2.38. The van der Waals surface area contributed by atoms with Crippen molar-refractivity contribution in [3.05, 3.63) is 0 Å². The Kier molecular flexibility index (Phi) is 1.29. The molecule has 3 saturated heterocycles. The molecule has 0 aliphatic carbocycles. The standard InChI is InChI=1S/C8H16N2/c1-8-2-4-10(5-3-8)6-7(8)9/h7H,2-6,9H2,1H3/t7-/m1/s1. The van der Waals surface area contributed by atoms with Gasteiger partial charge >= 0.3 is 0 Å². The largest absolute Gasteiger partial charge is 0.326 e. The fraction of sp³-hybridized carbons (Fsp3) is 1.00. The van der Waals surface area contributed by atoms with Crippen LogP contribution in [0.5, 0.6) is 0 Å². The van der Waals surface area contributed by atoms with Gasteiger partial charge in [-0.1, -0.05) is 6.92 Å². The Morgan fingerprint density at radius 2 is 2.00 bits per heavy atom. The van der Waals surface area contributed by atoms with Crippen molar-refractivity contribution in [3.63, 3.8) is 0 Å². The van der Waals surface area contributed by atoms with Crippen molar-refractivity contribution in [1.82, 2.24) is 4.90 Å². The van der Waals surface area contributed by atoms with Gasteiger partial charge in [0.2, 0.25) is 0 Å². The zero-order chi connectivity index (χ0) is 7.19. The summed E-state index contributed by atoms with van der Waals surface area (Å²) in [4.78, 5) is 2.48. The monoisotopic (exact) mass is 140 g/mol. The summed E-state index contributed by atoms with van der Waals surface area (Å²) in [5.74, 6) is 0. The number of nitrogens with two attached hydrogens (primary N) is 1. The normalized spacial score (nSPS) is 53.4. The van der Waals surface area contributed by atoms with Crippen LogP contribution in [0.4, 0.5) is 0 Å². The highest BCUT2D eigenvalue weighted by molar-refractivity contribution is 4.97. The number of rotatable bonds is 0. The van der Waals surface area contributed by atoms with Gasteiger partial charge in [-0.2, -0.15) is 0 Å². The van der Waals surface area contributed by atoms with Gasteiger partial charge in [0.05, 0.1) is 0 Å². The molecule has 3 heterocycles. The number of hydrogen-bond acceptors (Lipinski definition) is 2. The highest BCUT2D eigenvalue weighted by atomic mass is 15.2. The lowest BCUT2D eigenvalue weighted by Crippen LogP contribution is -2.59. The first-order chi connectivity index (χ1) is 4.71. The van der Waals surface area contributed by atoms with E-state index in [0.29, 0.717) is 11.5 Å². The van der Waals surface area contributed by atoms with E-state index in [0.717, 1.165) is 6.54 Å². The van der Waals surface area contributed by atoms with Crippen molar-refractivity contribution < 1.29 is 0 Å². The average Bonchev–Trinajstić information content (AvgIpc) is 1.92. The van der Waals surface area contributed by atoms with Gasteiger partial charge in [-0.3, -0.25) is 0 Å². The minimum atomic E-state index is 0.440. The van der Waals surface area contributed by atoms with E-state index >= 15 is 0 Å². The maximum Gasteiger partial charge on any atom is 0.0223 e.